The lowest BCUT2D eigenvalue weighted by Crippen LogP contribution is -2.47. The Labute approximate surface area is 128 Å². The van der Waals surface area contributed by atoms with Crippen molar-refractivity contribution in [3.8, 4) is 0 Å². The zero-order valence-electron chi connectivity index (χ0n) is 12.4. The van der Waals surface area contributed by atoms with Gasteiger partial charge in [-0.25, -0.2) is 8.78 Å². The van der Waals surface area contributed by atoms with Gasteiger partial charge in [-0.3, -0.25) is 4.79 Å². The first-order valence-electron chi connectivity index (χ1n) is 7.36. The first kappa shape index (κ1) is 16.3. The zero-order chi connectivity index (χ0) is 15.4. The molecule has 1 heterocycles. The Balaban J connectivity index is 1.97. The maximum absolute atomic E-state index is 13.6. The molecule has 1 unspecified atom stereocenters. The molecule has 1 aromatic rings. The number of halogens is 2. The first-order valence-corrected chi connectivity index (χ1v) is 8.35. The van der Waals surface area contributed by atoms with Crippen molar-refractivity contribution in [2.24, 2.45) is 5.92 Å². The number of rotatable bonds is 4. The monoisotopic (exact) mass is 313 g/mol. The van der Waals surface area contributed by atoms with Crippen LogP contribution in [0.2, 0.25) is 0 Å². The van der Waals surface area contributed by atoms with Crippen LogP contribution in [0.4, 0.5) is 8.78 Å². The minimum absolute atomic E-state index is 0.0436. The SMILES string of the molecule is CC(C)C1CCCCN1C(=O)CSc1ccc(F)cc1F. The van der Waals surface area contributed by atoms with Crippen molar-refractivity contribution in [3.05, 3.63) is 29.8 Å². The predicted octanol–water partition coefficient (Wildman–Crippen LogP) is 4.09. The Morgan fingerprint density at radius 1 is 1.38 bits per heavy atom. The summed E-state index contributed by atoms with van der Waals surface area (Å²) in [5.74, 6) is -0.527. The lowest BCUT2D eigenvalue weighted by molar-refractivity contribution is -0.133. The van der Waals surface area contributed by atoms with E-state index in [4.69, 9.17) is 0 Å². The average Bonchev–Trinajstić information content (AvgIpc) is 2.46. The predicted molar refractivity (Wildman–Crippen MR) is 81.3 cm³/mol. The van der Waals surface area contributed by atoms with E-state index in [1.54, 1.807) is 0 Å². The number of nitrogens with zero attached hydrogens (tertiary/aromatic N) is 1. The number of carbonyl (C=O) groups is 1. The molecule has 1 fully saturated rings. The highest BCUT2D eigenvalue weighted by Gasteiger charge is 2.28. The third-order valence-corrected chi connectivity index (χ3v) is 4.92. The van der Waals surface area contributed by atoms with Crippen LogP contribution in [0.1, 0.15) is 33.1 Å². The van der Waals surface area contributed by atoms with Crippen molar-refractivity contribution >= 4 is 17.7 Å². The van der Waals surface area contributed by atoms with Gasteiger partial charge in [0.1, 0.15) is 11.6 Å². The number of likely N-dealkylation sites (tertiary alicyclic amines) is 1. The smallest absolute Gasteiger partial charge is 0.233 e. The molecule has 1 amide bonds. The molecule has 1 saturated heterocycles. The molecule has 0 aliphatic carbocycles. The topological polar surface area (TPSA) is 20.3 Å². The van der Waals surface area contributed by atoms with Crippen LogP contribution in [0, 0.1) is 17.6 Å². The molecule has 1 aliphatic heterocycles. The number of carbonyl (C=O) groups excluding carboxylic acids is 1. The van der Waals surface area contributed by atoms with Gasteiger partial charge in [-0.1, -0.05) is 13.8 Å². The molecule has 1 aromatic carbocycles. The van der Waals surface area contributed by atoms with E-state index in [0.29, 0.717) is 10.8 Å². The molecule has 0 bridgehead atoms. The summed E-state index contributed by atoms with van der Waals surface area (Å²) in [6.07, 6.45) is 3.23. The fourth-order valence-corrected chi connectivity index (χ4v) is 3.58. The van der Waals surface area contributed by atoms with Gasteiger partial charge in [-0.15, -0.1) is 11.8 Å². The third kappa shape index (κ3) is 4.19. The Hall–Kier alpha value is -1.10. The van der Waals surface area contributed by atoms with E-state index in [9.17, 15) is 13.6 Å². The van der Waals surface area contributed by atoms with Gasteiger partial charge in [-0.05, 0) is 37.3 Å². The normalized spacial score (nSPS) is 19.1. The van der Waals surface area contributed by atoms with Gasteiger partial charge in [-0.2, -0.15) is 0 Å². The van der Waals surface area contributed by atoms with Crippen LogP contribution in [0.15, 0.2) is 23.1 Å². The molecule has 0 saturated carbocycles. The molecular weight excluding hydrogens is 292 g/mol. The number of amides is 1. The second kappa shape index (κ2) is 7.25. The summed E-state index contributed by atoms with van der Waals surface area (Å²) >= 11 is 1.14. The maximum Gasteiger partial charge on any atom is 0.233 e. The molecule has 0 aromatic heterocycles. The van der Waals surface area contributed by atoms with Crippen molar-refractivity contribution in [2.45, 2.75) is 44.0 Å². The van der Waals surface area contributed by atoms with E-state index in [-0.39, 0.29) is 17.7 Å². The zero-order valence-corrected chi connectivity index (χ0v) is 13.3. The van der Waals surface area contributed by atoms with Gasteiger partial charge in [0, 0.05) is 23.5 Å². The van der Waals surface area contributed by atoms with Gasteiger partial charge >= 0.3 is 0 Å². The standard InChI is InChI=1S/C16H21F2NOS/c1-11(2)14-5-3-4-8-19(14)16(20)10-21-15-7-6-12(17)9-13(15)18/h6-7,9,11,14H,3-5,8,10H2,1-2H3. The Bertz CT molecular complexity index is 507. The van der Waals surface area contributed by atoms with Crippen LogP contribution >= 0.6 is 11.8 Å². The third-order valence-electron chi connectivity index (χ3n) is 3.88. The van der Waals surface area contributed by atoms with Crippen molar-refractivity contribution in [1.82, 2.24) is 4.90 Å². The lowest BCUT2D eigenvalue weighted by Gasteiger charge is -2.38. The molecule has 0 radical (unpaired) electrons. The largest absolute Gasteiger partial charge is 0.339 e. The summed E-state index contributed by atoms with van der Waals surface area (Å²) in [6.45, 7) is 5.04. The molecule has 2 nitrogen and oxygen atoms in total. The molecule has 116 valence electrons. The second-order valence-electron chi connectivity index (χ2n) is 5.76. The molecule has 1 atom stereocenters. The fourth-order valence-electron chi connectivity index (χ4n) is 2.77. The van der Waals surface area contributed by atoms with E-state index in [0.717, 1.165) is 43.6 Å². The second-order valence-corrected chi connectivity index (χ2v) is 6.77. The van der Waals surface area contributed by atoms with Crippen molar-refractivity contribution in [3.63, 3.8) is 0 Å². The highest BCUT2D eigenvalue weighted by Crippen LogP contribution is 2.26. The maximum atomic E-state index is 13.6. The quantitative estimate of drug-likeness (QED) is 0.780. The van der Waals surface area contributed by atoms with E-state index < -0.39 is 11.6 Å². The highest BCUT2D eigenvalue weighted by atomic mass is 32.2. The fraction of sp³-hybridized carbons (Fsp3) is 0.562. The van der Waals surface area contributed by atoms with Crippen LogP contribution in [0.5, 0.6) is 0 Å². The van der Waals surface area contributed by atoms with Gasteiger partial charge in [0.15, 0.2) is 0 Å². The van der Waals surface area contributed by atoms with Gasteiger partial charge in [0.25, 0.3) is 0 Å². The van der Waals surface area contributed by atoms with E-state index in [1.807, 2.05) is 4.90 Å². The average molecular weight is 313 g/mol. The Morgan fingerprint density at radius 2 is 2.14 bits per heavy atom. The molecule has 2 rings (SSSR count). The first-order chi connectivity index (χ1) is 9.99. The van der Waals surface area contributed by atoms with Crippen LogP contribution in [-0.4, -0.2) is 29.1 Å². The summed E-state index contributed by atoms with van der Waals surface area (Å²) in [5.41, 5.74) is 0. The van der Waals surface area contributed by atoms with E-state index in [1.165, 1.54) is 12.1 Å². The van der Waals surface area contributed by atoms with E-state index >= 15 is 0 Å². The van der Waals surface area contributed by atoms with Crippen LogP contribution in [0.25, 0.3) is 0 Å². The van der Waals surface area contributed by atoms with Crippen LogP contribution < -0.4 is 0 Å². The number of benzene rings is 1. The molecule has 5 heteroatoms. The van der Waals surface area contributed by atoms with E-state index in [2.05, 4.69) is 13.8 Å². The Morgan fingerprint density at radius 3 is 2.81 bits per heavy atom. The number of hydrogen-bond acceptors (Lipinski definition) is 2. The summed E-state index contributed by atoms with van der Waals surface area (Å²) < 4.78 is 26.4. The number of thioether (sulfide) groups is 1. The number of piperidine rings is 1. The molecule has 21 heavy (non-hydrogen) atoms. The van der Waals surface area contributed by atoms with Gasteiger partial charge in [0.2, 0.25) is 5.91 Å². The Kier molecular flexibility index (Phi) is 5.62. The molecule has 1 aliphatic rings. The molecule has 0 spiro atoms. The summed E-state index contributed by atoms with van der Waals surface area (Å²) in [4.78, 5) is 14.6. The molecular formula is C16H21F2NOS. The molecule has 0 N–H and O–H groups in total. The summed E-state index contributed by atoms with van der Waals surface area (Å²) in [7, 11) is 0. The summed E-state index contributed by atoms with van der Waals surface area (Å²) in [5, 5.41) is 0. The van der Waals surface area contributed by atoms with Crippen LogP contribution in [0.3, 0.4) is 0 Å². The van der Waals surface area contributed by atoms with Gasteiger partial charge in [0.05, 0.1) is 5.75 Å². The lowest BCUT2D eigenvalue weighted by atomic mass is 9.93. The minimum atomic E-state index is -0.605. The van der Waals surface area contributed by atoms with Crippen molar-refractivity contribution in [2.75, 3.05) is 12.3 Å². The van der Waals surface area contributed by atoms with Crippen molar-refractivity contribution < 1.29 is 13.6 Å². The minimum Gasteiger partial charge on any atom is -0.339 e. The van der Waals surface area contributed by atoms with Gasteiger partial charge < -0.3 is 4.90 Å². The highest BCUT2D eigenvalue weighted by molar-refractivity contribution is 8.00. The van der Waals surface area contributed by atoms with Crippen molar-refractivity contribution in [1.29, 1.82) is 0 Å². The number of hydrogen-bond donors (Lipinski definition) is 0. The van der Waals surface area contributed by atoms with Crippen LogP contribution in [-0.2, 0) is 4.79 Å². The summed E-state index contributed by atoms with van der Waals surface area (Å²) in [6, 6.07) is 3.74.